The molecule has 9 heteroatoms. The first kappa shape index (κ1) is 22.5. The smallest absolute Gasteiger partial charge is 0.253 e. The van der Waals surface area contributed by atoms with E-state index in [0.717, 1.165) is 36.3 Å². The summed E-state index contributed by atoms with van der Waals surface area (Å²) in [4.78, 5) is 17.9. The Balaban J connectivity index is 1.40. The molecule has 1 saturated heterocycles. The lowest BCUT2D eigenvalue weighted by atomic mass is 10.1. The molecule has 2 aliphatic rings. The molecule has 0 bridgehead atoms. The number of ether oxygens (including phenoxy) is 4. The number of nitrogens with zero attached hydrogens (tertiary/aromatic N) is 1. The standard InChI is InChI=1S/C25H27N3O5S/c1-30-19-6-4-18(5-7-19)26-25(34)28(15-20-3-2-8-31-20)14-17-11-16-12-22-23(33-10-9-32-22)13-21(16)27-24(17)29/h4-7,11-13,20H,2-3,8-10,14-15H2,1H3,(H,26,34)(H,27,29)/t20-/m0/s1. The maximum Gasteiger partial charge on any atom is 0.253 e. The Bertz CT molecular complexity index is 1240. The number of nitrogens with one attached hydrogen (secondary N) is 2. The SMILES string of the molecule is COc1ccc(NC(=S)N(Cc2cc3cc4c(cc3[nH]c2=O)OCCO4)C[C@@H]2CCCO2)cc1. The molecule has 0 spiro atoms. The highest BCUT2D eigenvalue weighted by Gasteiger charge is 2.23. The van der Waals surface area contributed by atoms with Gasteiger partial charge < -0.3 is 34.1 Å². The van der Waals surface area contributed by atoms with E-state index in [0.29, 0.717) is 54.0 Å². The summed E-state index contributed by atoms with van der Waals surface area (Å²) in [6.07, 6.45) is 2.08. The summed E-state index contributed by atoms with van der Waals surface area (Å²) < 4.78 is 22.4. The van der Waals surface area contributed by atoms with E-state index in [1.165, 1.54) is 0 Å². The van der Waals surface area contributed by atoms with Crippen LogP contribution in [-0.2, 0) is 11.3 Å². The summed E-state index contributed by atoms with van der Waals surface area (Å²) >= 11 is 5.75. The second-order valence-corrected chi connectivity index (χ2v) is 8.77. The predicted molar refractivity (Wildman–Crippen MR) is 134 cm³/mol. The Hall–Kier alpha value is -3.30. The average Bonchev–Trinajstić information content (AvgIpc) is 3.36. The molecule has 8 nitrogen and oxygen atoms in total. The third-order valence-electron chi connectivity index (χ3n) is 6.02. The van der Waals surface area contributed by atoms with Gasteiger partial charge in [0.25, 0.3) is 5.56 Å². The van der Waals surface area contributed by atoms with E-state index in [2.05, 4.69) is 10.3 Å². The van der Waals surface area contributed by atoms with Crippen molar-refractivity contribution in [2.75, 3.05) is 38.8 Å². The van der Waals surface area contributed by atoms with Gasteiger partial charge in [0, 0.05) is 35.9 Å². The molecule has 0 amide bonds. The van der Waals surface area contributed by atoms with Crippen molar-refractivity contribution in [2.24, 2.45) is 0 Å². The minimum Gasteiger partial charge on any atom is -0.497 e. The van der Waals surface area contributed by atoms with Crippen molar-refractivity contribution in [1.82, 2.24) is 9.88 Å². The quantitative estimate of drug-likeness (QED) is 0.516. The zero-order valence-corrected chi connectivity index (χ0v) is 19.8. The maximum atomic E-state index is 13.0. The summed E-state index contributed by atoms with van der Waals surface area (Å²) in [5.41, 5.74) is 2.01. The number of aromatic amines is 1. The zero-order chi connectivity index (χ0) is 23.5. The van der Waals surface area contributed by atoms with Gasteiger partial charge in [0.1, 0.15) is 19.0 Å². The van der Waals surface area contributed by atoms with Crippen molar-refractivity contribution >= 4 is 33.9 Å². The first-order valence-electron chi connectivity index (χ1n) is 11.4. The molecule has 2 aromatic carbocycles. The number of rotatable bonds is 6. The van der Waals surface area contributed by atoms with E-state index < -0.39 is 0 Å². The fraction of sp³-hybridized carbons (Fsp3) is 0.360. The number of fused-ring (bicyclic) bond motifs is 2. The van der Waals surface area contributed by atoms with Crippen LogP contribution < -0.4 is 25.1 Å². The Morgan fingerprint density at radius 1 is 1.15 bits per heavy atom. The molecule has 2 N–H and O–H groups in total. The molecular formula is C25H27N3O5S. The molecule has 1 aromatic heterocycles. The highest BCUT2D eigenvalue weighted by atomic mass is 32.1. The minimum absolute atomic E-state index is 0.0766. The minimum atomic E-state index is -0.159. The lowest BCUT2D eigenvalue weighted by Crippen LogP contribution is -2.40. The summed E-state index contributed by atoms with van der Waals surface area (Å²) in [7, 11) is 1.63. The Morgan fingerprint density at radius 3 is 2.62 bits per heavy atom. The average molecular weight is 482 g/mol. The predicted octanol–water partition coefficient (Wildman–Crippen LogP) is 3.69. The van der Waals surface area contributed by atoms with Crippen LogP contribution in [0.4, 0.5) is 5.69 Å². The number of aromatic nitrogens is 1. The van der Waals surface area contributed by atoms with E-state index in [-0.39, 0.29) is 11.7 Å². The molecule has 0 saturated carbocycles. The van der Waals surface area contributed by atoms with Crippen LogP contribution >= 0.6 is 12.2 Å². The van der Waals surface area contributed by atoms with Gasteiger partial charge in [-0.3, -0.25) is 4.79 Å². The molecule has 2 aliphatic heterocycles. The second kappa shape index (κ2) is 9.90. The van der Waals surface area contributed by atoms with Crippen molar-refractivity contribution in [3.8, 4) is 17.2 Å². The van der Waals surface area contributed by atoms with Gasteiger partial charge in [-0.25, -0.2) is 0 Å². The van der Waals surface area contributed by atoms with Crippen molar-refractivity contribution in [3.63, 3.8) is 0 Å². The molecule has 178 valence electrons. The Morgan fingerprint density at radius 2 is 1.91 bits per heavy atom. The number of benzene rings is 2. The van der Waals surface area contributed by atoms with Gasteiger partial charge in [0.2, 0.25) is 0 Å². The normalized spacial score (nSPS) is 16.9. The van der Waals surface area contributed by atoms with Crippen molar-refractivity contribution < 1.29 is 18.9 Å². The summed E-state index contributed by atoms with van der Waals surface area (Å²) in [5, 5.41) is 4.69. The van der Waals surface area contributed by atoms with Gasteiger partial charge in [-0.15, -0.1) is 0 Å². The monoisotopic (exact) mass is 481 g/mol. The number of hydrogen-bond acceptors (Lipinski definition) is 6. The van der Waals surface area contributed by atoms with E-state index in [4.69, 9.17) is 31.2 Å². The van der Waals surface area contributed by atoms with Gasteiger partial charge in [-0.05, 0) is 61.5 Å². The zero-order valence-electron chi connectivity index (χ0n) is 19.0. The fourth-order valence-electron chi connectivity index (χ4n) is 4.24. The molecule has 5 rings (SSSR count). The third kappa shape index (κ3) is 4.95. The largest absolute Gasteiger partial charge is 0.497 e. The van der Waals surface area contributed by atoms with Crippen molar-refractivity contribution in [3.05, 3.63) is 58.4 Å². The first-order chi connectivity index (χ1) is 16.6. The van der Waals surface area contributed by atoms with Gasteiger partial charge in [-0.1, -0.05) is 0 Å². The van der Waals surface area contributed by atoms with Crippen LogP contribution in [0.2, 0.25) is 0 Å². The van der Waals surface area contributed by atoms with Gasteiger partial charge in [0.05, 0.1) is 25.3 Å². The number of H-pyrrole nitrogens is 1. The highest BCUT2D eigenvalue weighted by molar-refractivity contribution is 7.80. The Kier molecular flexibility index (Phi) is 6.55. The number of pyridine rings is 1. The van der Waals surface area contributed by atoms with Crippen LogP contribution in [0, 0.1) is 0 Å². The summed E-state index contributed by atoms with van der Waals surface area (Å²) in [6.45, 7) is 2.70. The maximum absolute atomic E-state index is 13.0. The lowest BCUT2D eigenvalue weighted by Gasteiger charge is -2.28. The summed E-state index contributed by atoms with van der Waals surface area (Å²) in [6, 6.07) is 13.2. The molecule has 0 radical (unpaired) electrons. The molecular weight excluding hydrogens is 454 g/mol. The molecule has 1 atom stereocenters. The van der Waals surface area contributed by atoms with E-state index >= 15 is 0 Å². The van der Waals surface area contributed by atoms with Gasteiger partial charge in [-0.2, -0.15) is 0 Å². The van der Waals surface area contributed by atoms with Crippen molar-refractivity contribution in [1.29, 1.82) is 0 Å². The highest BCUT2D eigenvalue weighted by Crippen LogP contribution is 2.33. The van der Waals surface area contributed by atoms with Crippen LogP contribution in [0.25, 0.3) is 10.9 Å². The molecule has 3 heterocycles. The second-order valence-electron chi connectivity index (χ2n) is 8.38. The van der Waals surface area contributed by atoms with Crippen LogP contribution in [0.3, 0.4) is 0 Å². The van der Waals surface area contributed by atoms with E-state index in [1.807, 2.05) is 47.4 Å². The number of methoxy groups -OCH3 is 1. The molecule has 34 heavy (non-hydrogen) atoms. The molecule has 0 aliphatic carbocycles. The van der Waals surface area contributed by atoms with Crippen molar-refractivity contribution in [2.45, 2.75) is 25.5 Å². The van der Waals surface area contributed by atoms with E-state index in [9.17, 15) is 4.79 Å². The first-order valence-corrected chi connectivity index (χ1v) is 11.8. The lowest BCUT2D eigenvalue weighted by molar-refractivity contribution is 0.0904. The van der Waals surface area contributed by atoms with E-state index in [1.54, 1.807) is 7.11 Å². The number of anilines is 1. The summed E-state index contributed by atoms with van der Waals surface area (Å²) in [5.74, 6) is 2.10. The Labute approximate surface area is 202 Å². The van der Waals surface area contributed by atoms with Crippen LogP contribution in [0.1, 0.15) is 18.4 Å². The molecule has 3 aromatic rings. The number of hydrogen-bond donors (Lipinski definition) is 2. The van der Waals surface area contributed by atoms with Crippen LogP contribution in [0.5, 0.6) is 17.2 Å². The fourth-order valence-corrected chi connectivity index (χ4v) is 4.50. The van der Waals surface area contributed by atoms with Gasteiger partial charge >= 0.3 is 0 Å². The van der Waals surface area contributed by atoms with Gasteiger partial charge in [0.15, 0.2) is 16.6 Å². The number of thiocarbonyl (C=S) groups is 1. The third-order valence-corrected chi connectivity index (χ3v) is 6.38. The topological polar surface area (TPSA) is 85.1 Å². The molecule has 0 unspecified atom stereocenters. The van der Waals surface area contributed by atoms with Crippen LogP contribution in [-0.4, -0.2) is 54.6 Å². The molecule has 1 fully saturated rings. The van der Waals surface area contributed by atoms with Crippen LogP contribution in [0.15, 0.2) is 47.3 Å².